The van der Waals surface area contributed by atoms with Crippen molar-refractivity contribution in [1.29, 1.82) is 0 Å². The molecule has 1 aliphatic rings. The van der Waals surface area contributed by atoms with Crippen molar-refractivity contribution in [3.05, 3.63) is 54.0 Å². The van der Waals surface area contributed by atoms with Gasteiger partial charge in [0.05, 0.1) is 41.9 Å². The van der Waals surface area contributed by atoms with Crippen molar-refractivity contribution in [2.24, 2.45) is 11.7 Å². The molecule has 0 bridgehead atoms. The number of piperidine rings is 1. The molecule has 10 nitrogen and oxygen atoms in total. The molecule has 184 valence electrons. The number of amides is 2. The first-order valence-electron chi connectivity index (χ1n) is 11.6. The van der Waals surface area contributed by atoms with E-state index in [0.717, 1.165) is 28.6 Å². The molecule has 3 aromatic rings. The summed E-state index contributed by atoms with van der Waals surface area (Å²) in [5, 5.41) is 6.62. The Labute approximate surface area is 204 Å². The number of aromatic nitrogens is 2. The van der Waals surface area contributed by atoms with Crippen LogP contribution in [-0.4, -0.2) is 54.3 Å². The van der Waals surface area contributed by atoms with Gasteiger partial charge in [0, 0.05) is 30.7 Å². The minimum Gasteiger partial charge on any atom is -0.453 e. The van der Waals surface area contributed by atoms with Gasteiger partial charge in [-0.05, 0) is 36.1 Å². The molecule has 0 spiro atoms. The number of hydrogen-bond acceptors (Lipinski definition) is 8. The second-order valence-electron chi connectivity index (χ2n) is 8.86. The number of ether oxygens (including phenoxy) is 1. The van der Waals surface area contributed by atoms with E-state index in [1.54, 1.807) is 18.5 Å². The van der Waals surface area contributed by atoms with Gasteiger partial charge in [0.25, 0.3) is 5.91 Å². The predicted molar refractivity (Wildman–Crippen MR) is 136 cm³/mol. The van der Waals surface area contributed by atoms with Crippen LogP contribution in [-0.2, 0) is 11.2 Å². The van der Waals surface area contributed by atoms with Crippen LogP contribution >= 0.6 is 0 Å². The maximum Gasteiger partial charge on any atom is 0.407 e. The predicted octanol–water partition coefficient (Wildman–Crippen LogP) is 2.53. The van der Waals surface area contributed by atoms with Gasteiger partial charge in [0.2, 0.25) is 0 Å². The number of benzene rings is 1. The van der Waals surface area contributed by atoms with E-state index in [0.29, 0.717) is 24.5 Å². The third-order valence-electron chi connectivity index (χ3n) is 6.41. The lowest BCUT2D eigenvalue weighted by Gasteiger charge is -2.42. The number of aryl methyl sites for hydroxylation is 1. The average Bonchev–Trinajstić information content (AvgIpc) is 2.85. The maximum atomic E-state index is 13.2. The third-order valence-corrected chi connectivity index (χ3v) is 6.41. The van der Waals surface area contributed by atoms with E-state index in [-0.39, 0.29) is 23.7 Å². The molecule has 2 amide bonds. The topological polar surface area (TPSA) is 148 Å². The highest BCUT2D eigenvalue weighted by Gasteiger charge is 2.34. The Kier molecular flexibility index (Phi) is 7.02. The van der Waals surface area contributed by atoms with Crippen LogP contribution in [0.2, 0.25) is 0 Å². The summed E-state index contributed by atoms with van der Waals surface area (Å²) in [5.41, 5.74) is 16.2. The molecule has 3 atom stereocenters. The van der Waals surface area contributed by atoms with Gasteiger partial charge >= 0.3 is 6.09 Å². The number of fused-ring (bicyclic) bond motifs is 1. The Morgan fingerprint density at radius 2 is 2.03 bits per heavy atom. The third kappa shape index (κ3) is 5.12. The zero-order valence-electron chi connectivity index (χ0n) is 20.1. The smallest absolute Gasteiger partial charge is 0.407 e. The van der Waals surface area contributed by atoms with Crippen LogP contribution in [0.25, 0.3) is 10.9 Å². The monoisotopic (exact) mass is 477 g/mol. The van der Waals surface area contributed by atoms with E-state index in [9.17, 15) is 9.59 Å². The number of nitrogen functional groups attached to an aromatic ring is 1. The van der Waals surface area contributed by atoms with Gasteiger partial charge in [0.1, 0.15) is 0 Å². The Balaban J connectivity index is 1.57. The summed E-state index contributed by atoms with van der Waals surface area (Å²) in [6, 6.07) is 8.99. The Bertz CT molecular complexity index is 1240. The molecule has 3 heterocycles. The first kappa shape index (κ1) is 24.2. The molecule has 0 radical (unpaired) electrons. The quantitative estimate of drug-likeness (QED) is 0.438. The standard InChI is InChI=1S/C25H31N7O3/c1-4-15-5-6-16-10-17(26)23(29-19(16)9-15)24(33)30-20-11-28-8-7-21(20)32-12-14(2)22(18(27)13-32)31-25(34)35-3/h5-11,14,18,22H,4,12-13,26-27H2,1-3H3,(H,30,33)(H,31,34)/t14-,18+,22-/m0/s1. The van der Waals surface area contributed by atoms with E-state index >= 15 is 0 Å². The Morgan fingerprint density at radius 1 is 1.23 bits per heavy atom. The van der Waals surface area contributed by atoms with E-state index in [1.807, 2.05) is 31.2 Å². The lowest BCUT2D eigenvalue weighted by molar-refractivity contribution is 0.102. The van der Waals surface area contributed by atoms with Gasteiger partial charge in [-0.25, -0.2) is 9.78 Å². The zero-order valence-corrected chi connectivity index (χ0v) is 20.1. The molecule has 0 saturated carbocycles. The van der Waals surface area contributed by atoms with Crippen LogP contribution in [0.5, 0.6) is 0 Å². The summed E-state index contributed by atoms with van der Waals surface area (Å²) in [5.74, 6) is -0.375. The second-order valence-corrected chi connectivity index (χ2v) is 8.86. The fourth-order valence-corrected chi connectivity index (χ4v) is 4.54. The number of pyridine rings is 2. The number of rotatable bonds is 5. The number of anilines is 3. The number of nitrogens with one attached hydrogen (secondary N) is 2. The maximum absolute atomic E-state index is 13.2. The van der Waals surface area contributed by atoms with Crippen LogP contribution in [0, 0.1) is 5.92 Å². The van der Waals surface area contributed by atoms with E-state index < -0.39 is 12.0 Å². The van der Waals surface area contributed by atoms with Crippen molar-refractivity contribution in [2.45, 2.75) is 32.4 Å². The van der Waals surface area contributed by atoms with Crippen LogP contribution < -0.4 is 27.0 Å². The number of methoxy groups -OCH3 is 1. The fourth-order valence-electron chi connectivity index (χ4n) is 4.54. The Morgan fingerprint density at radius 3 is 2.74 bits per heavy atom. The van der Waals surface area contributed by atoms with Crippen LogP contribution in [0.1, 0.15) is 29.9 Å². The van der Waals surface area contributed by atoms with E-state index in [1.165, 1.54) is 7.11 Å². The summed E-state index contributed by atoms with van der Waals surface area (Å²) in [6.45, 7) is 5.17. The van der Waals surface area contributed by atoms with Gasteiger partial charge in [0.15, 0.2) is 5.69 Å². The largest absolute Gasteiger partial charge is 0.453 e. The first-order chi connectivity index (χ1) is 16.8. The van der Waals surface area contributed by atoms with Crippen molar-refractivity contribution in [1.82, 2.24) is 15.3 Å². The molecule has 6 N–H and O–H groups in total. The van der Waals surface area contributed by atoms with Crippen LogP contribution in [0.15, 0.2) is 42.7 Å². The van der Waals surface area contributed by atoms with Gasteiger partial charge in [-0.2, -0.15) is 0 Å². The normalized spacial score (nSPS) is 19.9. The lowest BCUT2D eigenvalue weighted by Crippen LogP contribution is -2.62. The van der Waals surface area contributed by atoms with Gasteiger partial charge < -0.3 is 31.7 Å². The molecule has 4 rings (SSSR count). The minimum atomic E-state index is -0.505. The summed E-state index contributed by atoms with van der Waals surface area (Å²) >= 11 is 0. The summed E-state index contributed by atoms with van der Waals surface area (Å²) in [4.78, 5) is 35.7. The fraction of sp³-hybridized carbons (Fsp3) is 0.360. The first-order valence-corrected chi connectivity index (χ1v) is 11.6. The number of hydrogen-bond donors (Lipinski definition) is 4. The number of nitrogens with two attached hydrogens (primary N) is 2. The SMILES string of the molecule is CCc1ccc2cc(N)c(C(=O)Nc3cnccc3N3C[C@@H](N)[C@@H](NC(=O)OC)[C@@H](C)C3)nc2c1. The van der Waals surface area contributed by atoms with Crippen molar-refractivity contribution >= 4 is 40.0 Å². The van der Waals surface area contributed by atoms with E-state index in [4.69, 9.17) is 16.2 Å². The Hall–Kier alpha value is -3.92. The number of carbonyl (C=O) groups is 2. The highest BCUT2D eigenvalue weighted by Crippen LogP contribution is 2.30. The summed E-state index contributed by atoms with van der Waals surface area (Å²) in [6.07, 6.45) is 3.62. The van der Waals surface area contributed by atoms with Crippen molar-refractivity contribution in [3.8, 4) is 0 Å². The van der Waals surface area contributed by atoms with Crippen LogP contribution in [0.4, 0.5) is 21.9 Å². The average molecular weight is 478 g/mol. The molecule has 2 aromatic heterocycles. The number of carbonyl (C=O) groups excluding carboxylic acids is 2. The molecule has 10 heteroatoms. The van der Waals surface area contributed by atoms with Crippen molar-refractivity contribution in [2.75, 3.05) is 36.1 Å². The van der Waals surface area contributed by atoms with Crippen LogP contribution in [0.3, 0.4) is 0 Å². The molecule has 1 saturated heterocycles. The van der Waals surface area contributed by atoms with Gasteiger partial charge in [-0.15, -0.1) is 0 Å². The molecule has 35 heavy (non-hydrogen) atoms. The lowest BCUT2D eigenvalue weighted by atomic mass is 9.90. The number of alkyl carbamates (subject to hydrolysis) is 1. The second kappa shape index (κ2) is 10.1. The summed E-state index contributed by atoms with van der Waals surface area (Å²) < 4.78 is 4.72. The number of nitrogens with zero attached hydrogens (tertiary/aromatic N) is 3. The molecular formula is C25H31N7O3. The molecule has 0 unspecified atom stereocenters. The summed E-state index contributed by atoms with van der Waals surface area (Å²) in [7, 11) is 1.33. The van der Waals surface area contributed by atoms with Crippen molar-refractivity contribution in [3.63, 3.8) is 0 Å². The zero-order chi connectivity index (χ0) is 25.1. The van der Waals surface area contributed by atoms with Gasteiger partial charge in [-0.3, -0.25) is 9.78 Å². The minimum absolute atomic E-state index is 0.0418. The van der Waals surface area contributed by atoms with Crippen molar-refractivity contribution < 1.29 is 14.3 Å². The molecule has 0 aliphatic carbocycles. The molecule has 1 fully saturated rings. The molecule has 1 aliphatic heterocycles. The van der Waals surface area contributed by atoms with E-state index in [2.05, 4.69) is 32.4 Å². The highest BCUT2D eigenvalue weighted by atomic mass is 16.5. The molecular weight excluding hydrogens is 446 g/mol. The van der Waals surface area contributed by atoms with Gasteiger partial charge in [-0.1, -0.05) is 26.0 Å². The highest BCUT2D eigenvalue weighted by molar-refractivity contribution is 6.09. The molecule has 1 aromatic carbocycles.